The number of primary amides is 1. The van der Waals surface area contributed by atoms with Gasteiger partial charge >= 0.3 is 0 Å². The molecule has 0 bridgehead atoms. The van der Waals surface area contributed by atoms with Crippen molar-refractivity contribution in [2.24, 2.45) is 11.5 Å². The summed E-state index contributed by atoms with van der Waals surface area (Å²) < 4.78 is 0. The van der Waals surface area contributed by atoms with Crippen LogP contribution in [0.3, 0.4) is 0 Å². The first kappa shape index (κ1) is 9.35. The maximum atomic E-state index is 10.6. The van der Waals surface area contributed by atoms with E-state index in [0.717, 1.165) is 6.21 Å². The molecule has 0 saturated carbocycles. The van der Waals surface area contributed by atoms with E-state index in [4.69, 9.17) is 22.3 Å². The fourth-order valence-corrected chi connectivity index (χ4v) is 0.612. The van der Waals surface area contributed by atoms with Crippen LogP contribution in [0.1, 0.15) is 6.92 Å². The summed E-state index contributed by atoms with van der Waals surface area (Å²) in [6.45, 7) is 1.49. The molecule has 0 aromatic heterocycles. The van der Waals surface area contributed by atoms with Crippen molar-refractivity contribution in [3.05, 3.63) is 11.1 Å². The molecule has 0 aliphatic heterocycles. The fourth-order valence-electron chi connectivity index (χ4n) is 0.612. The highest BCUT2D eigenvalue weighted by Gasteiger charge is 2.10. The second-order valence-corrected chi connectivity index (χ2v) is 1.98. The van der Waals surface area contributed by atoms with E-state index in [2.05, 4.69) is 0 Å². The lowest BCUT2D eigenvalue weighted by Gasteiger charge is -2.01. The van der Waals surface area contributed by atoms with Crippen molar-refractivity contribution < 1.29 is 4.79 Å². The van der Waals surface area contributed by atoms with Crippen LogP contribution in [0.4, 0.5) is 0 Å². The van der Waals surface area contributed by atoms with Gasteiger partial charge in [-0.25, -0.2) is 0 Å². The molecule has 6 N–H and O–H groups in total. The molecule has 0 radical (unpaired) electrons. The second kappa shape index (κ2) is 3.50. The summed E-state index contributed by atoms with van der Waals surface area (Å²) in [7, 11) is 0. The third-order valence-electron chi connectivity index (χ3n) is 1.13. The summed E-state index contributed by atoms with van der Waals surface area (Å²) in [5, 5.41) is 13.7. The van der Waals surface area contributed by atoms with E-state index in [1.165, 1.54) is 6.92 Å². The molecule has 0 aromatic carbocycles. The lowest BCUT2D eigenvalue weighted by Crippen LogP contribution is -2.27. The first-order chi connectivity index (χ1) is 5.00. The van der Waals surface area contributed by atoms with Gasteiger partial charge in [0.25, 0.3) is 5.91 Å². The Kier molecular flexibility index (Phi) is 2.98. The molecular formula is C6H10N4O. The predicted molar refractivity (Wildman–Crippen MR) is 42.6 cm³/mol. The van der Waals surface area contributed by atoms with Crippen LogP contribution in [-0.2, 0) is 4.79 Å². The van der Waals surface area contributed by atoms with E-state index in [1.54, 1.807) is 0 Å². The minimum Gasteiger partial charge on any atom is -0.384 e. The van der Waals surface area contributed by atoms with E-state index in [9.17, 15) is 4.79 Å². The highest BCUT2D eigenvalue weighted by Crippen LogP contribution is 1.99. The van der Waals surface area contributed by atoms with Gasteiger partial charge in [-0.2, -0.15) is 0 Å². The zero-order valence-electron chi connectivity index (χ0n) is 6.14. The zero-order chi connectivity index (χ0) is 9.02. The van der Waals surface area contributed by atoms with E-state index >= 15 is 0 Å². The monoisotopic (exact) mass is 154 g/mol. The number of hydrogen-bond acceptors (Lipinski definition) is 3. The number of hydrogen-bond donors (Lipinski definition) is 4. The SMILES string of the molecule is C/C(C=N)=C(\C(=N)N)C(N)=O. The standard InChI is InChI=1S/C6H10N4O/c1-3(2-7)4(5(8)9)6(10)11/h2,7H,1H3,(H3,8,9)(H2,10,11)/b4-3-,7-2?. The van der Waals surface area contributed by atoms with Crippen molar-refractivity contribution in [3.8, 4) is 0 Å². The molecular weight excluding hydrogens is 144 g/mol. The summed E-state index contributed by atoms with van der Waals surface area (Å²) in [6.07, 6.45) is 0.932. The van der Waals surface area contributed by atoms with Crippen molar-refractivity contribution in [1.82, 2.24) is 0 Å². The van der Waals surface area contributed by atoms with Crippen LogP contribution in [0.15, 0.2) is 11.1 Å². The normalized spacial score (nSPS) is 11.7. The minimum absolute atomic E-state index is 0.0972. The van der Waals surface area contributed by atoms with Crippen LogP contribution in [-0.4, -0.2) is 18.0 Å². The molecule has 11 heavy (non-hydrogen) atoms. The van der Waals surface area contributed by atoms with Gasteiger partial charge in [0.1, 0.15) is 5.84 Å². The number of carbonyl (C=O) groups excluding carboxylic acids is 1. The Bertz CT molecular complexity index is 225. The van der Waals surface area contributed by atoms with E-state index < -0.39 is 11.7 Å². The average molecular weight is 154 g/mol. The maximum Gasteiger partial charge on any atom is 0.252 e. The smallest absolute Gasteiger partial charge is 0.252 e. The highest BCUT2D eigenvalue weighted by molar-refractivity contribution is 6.21. The zero-order valence-corrected chi connectivity index (χ0v) is 6.14. The summed E-state index contributed by atoms with van der Waals surface area (Å²) in [5.41, 5.74) is 10.1. The molecule has 0 aliphatic rings. The van der Waals surface area contributed by atoms with Crippen LogP contribution >= 0.6 is 0 Å². The Morgan fingerprint density at radius 1 is 1.45 bits per heavy atom. The topological polar surface area (TPSA) is 117 Å². The lowest BCUT2D eigenvalue weighted by molar-refractivity contribution is -0.114. The number of nitrogens with two attached hydrogens (primary N) is 2. The van der Waals surface area contributed by atoms with Crippen LogP contribution < -0.4 is 11.5 Å². The molecule has 0 aliphatic carbocycles. The molecule has 5 heteroatoms. The molecule has 0 aromatic rings. The number of allylic oxidation sites excluding steroid dienone is 1. The molecule has 0 rings (SSSR count). The first-order valence-corrected chi connectivity index (χ1v) is 2.86. The van der Waals surface area contributed by atoms with Crippen LogP contribution in [0.25, 0.3) is 0 Å². The van der Waals surface area contributed by atoms with Crippen molar-refractivity contribution >= 4 is 18.0 Å². The highest BCUT2D eigenvalue weighted by atomic mass is 16.1. The summed E-state index contributed by atoms with van der Waals surface area (Å²) >= 11 is 0. The van der Waals surface area contributed by atoms with Crippen LogP contribution in [0.2, 0.25) is 0 Å². The summed E-state index contributed by atoms with van der Waals surface area (Å²) in [6, 6.07) is 0. The Hall–Kier alpha value is -1.65. The van der Waals surface area contributed by atoms with Gasteiger partial charge in [-0.3, -0.25) is 10.2 Å². The largest absolute Gasteiger partial charge is 0.384 e. The quantitative estimate of drug-likeness (QED) is 0.246. The molecule has 0 atom stereocenters. The fraction of sp³-hybridized carbons (Fsp3) is 0.167. The molecule has 60 valence electrons. The molecule has 0 unspecified atom stereocenters. The first-order valence-electron chi connectivity index (χ1n) is 2.86. The van der Waals surface area contributed by atoms with Gasteiger partial charge in [0, 0.05) is 6.21 Å². The average Bonchev–Trinajstić information content (AvgIpc) is 1.85. The van der Waals surface area contributed by atoms with E-state index in [0.29, 0.717) is 5.57 Å². The number of nitrogens with one attached hydrogen (secondary N) is 2. The minimum atomic E-state index is -0.779. The summed E-state index contributed by atoms with van der Waals surface area (Å²) in [4.78, 5) is 10.6. The van der Waals surface area contributed by atoms with Crippen molar-refractivity contribution in [2.75, 3.05) is 0 Å². The summed E-state index contributed by atoms with van der Waals surface area (Å²) in [5.74, 6) is -1.18. The third-order valence-corrected chi connectivity index (χ3v) is 1.13. The van der Waals surface area contributed by atoms with Crippen molar-refractivity contribution in [1.29, 1.82) is 10.8 Å². The molecule has 0 saturated heterocycles. The Labute approximate surface area is 64.1 Å². The van der Waals surface area contributed by atoms with Crippen molar-refractivity contribution in [2.45, 2.75) is 6.92 Å². The van der Waals surface area contributed by atoms with Gasteiger partial charge < -0.3 is 16.9 Å². The predicted octanol–water partition coefficient (Wildman–Crippen LogP) is -0.626. The number of amidine groups is 1. The van der Waals surface area contributed by atoms with Gasteiger partial charge in [0.2, 0.25) is 0 Å². The van der Waals surface area contributed by atoms with Gasteiger partial charge in [0.15, 0.2) is 0 Å². The number of carbonyl (C=O) groups is 1. The Morgan fingerprint density at radius 2 is 1.91 bits per heavy atom. The van der Waals surface area contributed by atoms with Crippen LogP contribution in [0, 0.1) is 10.8 Å². The maximum absolute atomic E-state index is 10.6. The molecule has 1 amide bonds. The van der Waals surface area contributed by atoms with Crippen LogP contribution in [0.5, 0.6) is 0 Å². The van der Waals surface area contributed by atoms with Gasteiger partial charge in [0.05, 0.1) is 5.57 Å². The van der Waals surface area contributed by atoms with Crippen molar-refractivity contribution in [3.63, 3.8) is 0 Å². The van der Waals surface area contributed by atoms with Gasteiger partial charge in [-0.15, -0.1) is 0 Å². The number of amides is 1. The molecule has 5 nitrogen and oxygen atoms in total. The third kappa shape index (κ3) is 2.21. The van der Waals surface area contributed by atoms with Gasteiger partial charge in [-0.05, 0) is 12.5 Å². The van der Waals surface area contributed by atoms with E-state index in [-0.39, 0.29) is 5.57 Å². The Balaban J connectivity index is 5.04. The number of rotatable bonds is 3. The molecule has 0 fully saturated rings. The Morgan fingerprint density at radius 3 is 2.00 bits per heavy atom. The molecule has 0 heterocycles. The second-order valence-electron chi connectivity index (χ2n) is 1.98. The van der Waals surface area contributed by atoms with Gasteiger partial charge in [-0.1, -0.05) is 0 Å². The molecule has 0 spiro atoms. The van der Waals surface area contributed by atoms with E-state index in [1.807, 2.05) is 0 Å². The lowest BCUT2D eigenvalue weighted by atomic mass is 10.1.